The van der Waals surface area contributed by atoms with Crippen LogP contribution in [-0.4, -0.2) is 0 Å². The van der Waals surface area contributed by atoms with Gasteiger partial charge in [0.25, 0.3) is 0 Å². The Kier molecular flexibility index (Phi) is 2.67. The molecule has 64 valence electrons. The molecule has 1 aromatic carbocycles. The van der Waals surface area contributed by atoms with Crippen molar-refractivity contribution in [3.63, 3.8) is 0 Å². The SMILES string of the molecule is Cc1cc(C(C)C#N)ccc1C#N. The number of hydrogen-bond donors (Lipinski definition) is 0. The molecule has 0 saturated heterocycles. The van der Waals surface area contributed by atoms with E-state index in [1.807, 2.05) is 26.0 Å². The lowest BCUT2D eigenvalue weighted by atomic mass is 9.98. The third kappa shape index (κ3) is 1.86. The molecule has 0 aliphatic carbocycles. The predicted octanol–water partition coefficient (Wildman–Crippen LogP) is 2.49. The Labute approximate surface area is 78.0 Å². The molecule has 1 rings (SSSR count). The zero-order valence-electron chi connectivity index (χ0n) is 7.70. The fourth-order valence-electron chi connectivity index (χ4n) is 1.16. The zero-order chi connectivity index (χ0) is 9.84. The van der Waals surface area contributed by atoms with E-state index >= 15 is 0 Å². The molecule has 0 fully saturated rings. The number of rotatable bonds is 1. The second-order valence-corrected chi connectivity index (χ2v) is 3.04. The first-order valence-corrected chi connectivity index (χ1v) is 4.09. The largest absolute Gasteiger partial charge is 0.198 e. The van der Waals surface area contributed by atoms with Crippen LogP contribution in [0.25, 0.3) is 0 Å². The zero-order valence-corrected chi connectivity index (χ0v) is 7.70. The van der Waals surface area contributed by atoms with Gasteiger partial charge in [-0.25, -0.2) is 0 Å². The normalized spacial score (nSPS) is 11.4. The molecule has 0 N–H and O–H groups in total. The summed E-state index contributed by atoms with van der Waals surface area (Å²) in [6.07, 6.45) is 0. The minimum Gasteiger partial charge on any atom is -0.198 e. The molecule has 1 aromatic rings. The van der Waals surface area contributed by atoms with Crippen LogP contribution in [0.2, 0.25) is 0 Å². The van der Waals surface area contributed by atoms with E-state index in [-0.39, 0.29) is 5.92 Å². The fraction of sp³-hybridized carbons (Fsp3) is 0.273. The van der Waals surface area contributed by atoms with Gasteiger partial charge < -0.3 is 0 Å². The molecule has 13 heavy (non-hydrogen) atoms. The van der Waals surface area contributed by atoms with E-state index in [1.54, 1.807) is 6.07 Å². The molecule has 0 aliphatic rings. The molecule has 2 heteroatoms. The Morgan fingerprint density at radius 3 is 2.46 bits per heavy atom. The molecule has 1 atom stereocenters. The van der Waals surface area contributed by atoms with E-state index in [4.69, 9.17) is 10.5 Å². The van der Waals surface area contributed by atoms with Crippen LogP contribution in [0.4, 0.5) is 0 Å². The topological polar surface area (TPSA) is 47.6 Å². The van der Waals surface area contributed by atoms with Gasteiger partial charge in [0, 0.05) is 0 Å². The molecule has 0 spiro atoms. The van der Waals surface area contributed by atoms with Crippen molar-refractivity contribution >= 4 is 0 Å². The first-order valence-electron chi connectivity index (χ1n) is 4.09. The Morgan fingerprint density at radius 1 is 1.31 bits per heavy atom. The van der Waals surface area contributed by atoms with Crippen LogP contribution in [0.15, 0.2) is 18.2 Å². The van der Waals surface area contributed by atoms with Crippen molar-refractivity contribution in [2.24, 2.45) is 0 Å². The van der Waals surface area contributed by atoms with Crippen LogP contribution in [0, 0.1) is 29.6 Å². The van der Waals surface area contributed by atoms with Gasteiger partial charge in [-0.3, -0.25) is 0 Å². The lowest BCUT2D eigenvalue weighted by Crippen LogP contribution is -1.91. The average molecular weight is 170 g/mol. The lowest BCUT2D eigenvalue weighted by molar-refractivity contribution is 0.978. The molecule has 0 bridgehead atoms. The van der Waals surface area contributed by atoms with E-state index in [0.717, 1.165) is 11.1 Å². The Hall–Kier alpha value is -1.80. The Balaban J connectivity index is 3.13. The quantitative estimate of drug-likeness (QED) is 0.650. The summed E-state index contributed by atoms with van der Waals surface area (Å²) < 4.78 is 0. The summed E-state index contributed by atoms with van der Waals surface area (Å²) in [4.78, 5) is 0. The first-order chi connectivity index (χ1) is 6.19. The lowest BCUT2D eigenvalue weighted by Gasteiger charge is -2.04. The van der Waals surface area contributed by atoms with E-state index in [0.29, 0.717) is 5.56 Å². The van der Waals surface area contributed by atoms with Crippen molar-refractivity contribution in [2.45, 2.75) is 19.8 Å². The monoisotopic (exact) mass is 170 g/mol. The Morgan fingerprint density at radius 2 is 2.00 bits per heavy atom. The highest BCUT2D eigenvalue weighted by molar-refractivity contribution is 5.41. The van der Waals surface area contributed by atoms with Crippen molar-refractivity contribution < 1.29 is 0 Å². The molecule has 0 heterocycles. The van der Waals surface area contributed by atoms with Gasteiger partial charge in [0.05, 0.1) is 23.6 Å². The second-order valence-electron chi connectivity index (χ2n) is 3.04. The highest BCUT2D eigenvalue weighted by Crippen LogP contribution is 2.17. The van der Waals surface area contributed by atoms with Crippen molar-refractivity contribution in [3.8, 4) is 12.1 Å². The van der Waals surface area contributed by atoms with Crippen LogP contribution in [-0.2, 0) is 0 Å². The molecule has 0 aliphatic heterocycles. The smallest absolute Gasteiger partial charge is 0.0994 e. The summed E-state index contributed by atoms with van der Waals surface area (Å²) in [6, 6.07) is 9.75. The van der Waals surface area contributed by atoms with E-state index in [9.17, 15) is 0 Å². The molecular formula is C11H10N2. The number of hydrogen-bond acceptors (Lipinski definition) is 2. The predicted molar refractivity (Wildman–Crippen MR) is 49.9 cm³/mol. The van der Waals surface area contributed by atoms with Crippen LogP contribution < -0.4 is 0 Å². The van der Waals surface area contributed by atoms with E-state index in [1.165, 1.54) is 0 Å². The minimum absolute atomic E-state index is 0.105. The summed E-state index contributed by atoms with van der Waals surface area (Å²) in [5, 5.41) is 17.4. The van der Waals surface area contributed by atoms with Gasteiger partial charge >= 0.3 is 0 Å². The third-order valence-electron chi connectivity index (χ3n) is 2.06. The van der Waals surface area contributed by atoms with Gasteiger partial charge in [-0.1, -0.05) is 12.1 Å². The summed E-state index contributed by atoms with van der Waals surface area (Å²) >= 11 is 0. The maximum atomic E-state index is 8.69. The van der Waals surface area contributed by atoms with Crippen LogP contribution in [0.5, 0.6) is 0 Å². The molecule has 1 unspecified atom stereocenters. The summed E-state index contributed by atoms with van der Waals surface area (Å²) in [7, 11) is 0. The van der Waals surface area contributed by atoms with E-state index in [2.05, 4.69) is 12.1 Å². The van der Waals surface area contributed by atoms with Gasteiger partial charge in [0.2, 0.25) is 0 Å². The van der Waals surface area contributed by atoms with Gasteiger partial charge in [0.15, 0.2) is 0 Å². The molecule has 0 aromatic heterocycles. The molecule has 0 saturated carbocycles. The van der Waals surface area contributed by atoms with Gasteiger partial charge in [-0.15, -0.1) is 0 Å². The maximum absolute atomic E-state index is 8.69. The van der Waals surface area contributed by atoms with Crippen LogP contribution >= 0.6 is 0 Å². The number of nitriles is 2. The number of aryl methyl sites for hydroxylation is 1. The Bertz CT molecular complexity index is 394. The van der Waals surface area contributed by atoms with Gasteiger partial charge in [-0.05, 0) is 31.0 Å². The summed E-state index contributed by atoms with van der Waals surface area (Å²) in [5.74, 6) is -0.105. The van der Waals surface area contributed by atoms with Gasteiger partial charge in [0.1, 0.15) is 0 Å². The van der Waals surface area contributed by atoms with Crippen LogP contribution in [0.3, 0.4) is 0 Å². The number of nitrogens with zero attached hydrogens (tertiary/aromatic N) is 2. The van der Waals surface area contributed by atoms with Crippen molar-refractivity contribution in [2.75, 3.05) is 0 Å². The minimum atomic E-state index is -0.105. The van der Waals surface area contributed by atoms with Crippen molar-refractivity contribution in [1.82, 2.24) is 0 Å². The van der Waals surface area contributed by atoms with E-state index < -0.39 is 0 Å². The van der Waals surface area contributed by atoms with Crippen LogP contribution in [0.1, 0.15) is 29.5 Å². The molecule has 2 nitrogen and oxygen atoms in total. The fourth-order valence-corrected chi connectivity index (χ4v) is 1.16. The second kappa shape index (κ2) is 3.74. The first kappa shape index (κ1) is 9.29. The third-order valence-corrected chi connectivity index (χ3v) is 2.06. The summed E-state index contributed by atoms with van der Waals surface area (Å²) in [6.45, 7) is 3.73. The van der Waals surface area contributed by atoms with Crippen molar-refractivity contribution in [3.05, 3.63) is 34.9 Å². The van der Waals surface area contributed by atoms with Gasteiger partial charge in [-0.2, -0.15) is 10.5 Å². The molecule has 0 radical (unpaired) electrons. The molecule has 0 amide bonds. The number of benzene rings is 1. The highest BCUT2D eigenvalue weighted by atomic mass is 14.3. The molecular weight excluding hydrogens is 160 g/mol. The standard InChI is InChI=1S/C11H10N2/c1-8-5-10(9(2)6-12)3-4-11(8)7-13/h3-5,9H,1-2H3. The summed E-state index contributed by atoms with van der Waals surface area (Å²) in [5.41, 5.74) is 2.58. The average Bonchev–Trinajstić information content (AvgIpc) is 2.16. The van der Waals surface area contributed by atoms with Crippen molar-refractivity contribution in [1.29, 1.82) is 10.5 Å². The highest BCUT2D eigenvalue weighted by Gasteiger charge is 2.05. The maximum Gasteiger partial charge on any atom is 0.0994 e.